The van der Waals surface area contributed by atoms with Crippen molar-refractivity contribution in [3.05, 3.63) is 70.8 Å². The summed E-state index contributed by atoms with van der Waals surface area (Å²) in [5, 5.41) is 4.04. The van der Waals surface area contributed by atoms with Crippen LogP contribution in [-0.4, -0.2) is 30.0 Å². The van der Waals surface area contributed by atoms with Crippen molar-refractivity contribution in [1.82, 2.24) is 9.78 Å². The fourth-order valence-electron chi connectivity index (χ4n) is 2.71. The van der Waals surface area contributed by atoms with Crippen LogP contribution in [-0.2, 0) is 6.54 Å². The van der Waals surface area contributed by atoms with Gasteiger partial charge in [-0.15, -0.1) is 0 Å². The molecule has 0 amide bonds. The van der Waals surface area contributed by atoms with E-state index >= 15 is 0 Å². The van der Waals surface area contributed by atoms with Gasteiger partial charge in [-0.1, -0.05) is 6.07 Å². The molecular formula is C19H13F5N2O4. The van der Waals surface area contributed by atoms with E-state index in [1.807, 2.05) is 0 Å². The summed E-state index contributed by atoms with van der Waals surface area (Å²) >= 11 is 0. The molecular weight excluding hydrogens is 415 g/mol. The third-order valence-corrected chi connectivity index (χ3v) is 4.08. The van der Waals surface area contributed by atoms with Gasteiger partial charge >= 0.3 is 5.97 Å². The molecule has 6 nitrogen and oxygen atoms in total. The molecule has 0 fully saturated rings. The number of hydrogen-bond acceptors (Lipinski definition) is 5. The Labute approximate surface area is 166 Å². The van der Waals surface area contributed by atoms with Crippen LogP contribution in [0.5, 0.6) is 17.2 Å². The molecule has 0 atom stereocenters. The monoisotopic (exact) mass is 428 g/mol. The average Bonchev–Trinajstić information content (AvgIpc) is 3.26. The highest BCUT2D eigenvalue weighted by Gasteiger charge is 2.30. The Balaban J connectivity index is 2.01. The molecule has 0 aliphatic carbocycles. The van der Waals surface area contributed by atoms with Crippen molar-refractivity contribution in [2.24, 2.45) is 0 Å². The van der Waals surface area contributed by atoms with Crippen LogP contribution in [0.25, 0.3) is 0 Å². The maximum Gasteiger partial charge on any atom is 0.347 e. The second kappa shape index (κ2) is 8.39. The quantitative estimate of drug-likeness (QED) is 0.196. The number of aromatic nitrogens is 2. The molecule has 0 aliphatic heterocycles. The first-order valence-corrected chi connectivity index (χ1v) is 8.25. The molecule has 1 heterocycles. The molecule has 0 spiro atoms. The van der Waals surface area contributed by atoms with E-state index in [0.717, 1.165) is 0 Å². The van der Waals surface area contributed by atoms with E-state index in [9.17, 15) is 26.7 Å². The molecule has 2 aromatic carbocycles. The van der Waals surface area contributed by atoms with E-state index in [2.05, 4.69) is 9.84 Å². The van der Waals surface area contributed by atoms with Gasteiger partial charge in [0.25, 0.3) is 0 Å². The highest BCUT2D eigenvalue weighted by Crippen LogP contribution is 2.37. The Kier molecular flexibility index (Phi) is 5.90. The molecule has 0 bridgehead atoms. The van der Waals surface area contributed by atoms with Crippen molar-refractivity contribution in [2.45, 2.75) is 6.54 Å². The predicted octanol–water partition coefficient (Wildman–Crippen LogP) is 3.86. The molecule has 3 aromatic rings. The lowest BCUT2D eigenvalue weighted by Gasteiger charge is -2.16. The van der Waals surface area contributed by atoms with E-state index in [-0.39, 0.29) is 23.6 Å². The number of benzene rings is 2. The standard InChI is InChI=1S/C19H13F5N2O4/c1-28-16-9(8-26-7-3-6-25-26)4-5-10(17(16)29-2)19(27)30-18-14(23)12(21)11(20)13(22)15(18)24/h3-7H,8H2,1-2H3. The van der Waals surface area contributed by atoms with Crippen LogP contribution in [0.1, 0.15) is 15.9 Å². The third kappa shape index (κ3) is 3.65. The summed E-state index contributed by atoms with van der Waals surface area (Å²) in [6.45, 7) is 0.236. The maximum atomic E-state index is 13.8. The van der Waals surface area contributed by atoms with E-state index in [0.29, 0.717) is 5.56 Å². The van der Waals surface area contributed by atoms with Crippen molar-refractivity contribution in [2.75, 3.05) is 14.2 Å². The van der Waals surface area contributed by atoms with Crippen molar-refractivity contribution in [3.8, 4) is 17.2 Å². The number of carbonyl (C=O) groups excluding carboxylic acids is 1. The average molecular weight is 428 g/mol. The molecule has 0 unspecified atom stereocenters. The zero-order valence-electron chi connectivity index (χ0n) is 15.5. The summed E-state index contributed by atoms with van der Waals surface area (Å²) in [6.07, 6.45) is 3.23. The smallest absolute Gasteiger partial charge is 0.347 e. The molecule has 0 saturated carbocycles. The summed E-state index contributed by atoms with van der Waals surface area (Å²) in [7, 11) is 2.49. The van der Waals surface area contributed by atoms with Crippen LogP contribution < -0.4 is 14.2 Å². The Morgan fingerprint density at radius 1 is 0.900 bits per heavy atom. The van der Waals surface area contributed by atoms with Crippen molar-refractivity contribution >= 4 is 5.97 Å². The second-order valence-corrected chi connectivity index (χ2v) is 5.83. The molecule has 0 radical (unpaired) electrons. The minimum absolute atomic E-state index is 0.0971. The maximum absolute atomic E-state index is 13.8. The zero-order chi connectivity index (χ0) is 22.0. The van der Waals surface area contributed by atoms with Gasteiger partial charge in [0.2, 0.25) is 34.8 Å². The number of carbonyl (C=O) groups is 1. The first-order valence-electron chi connectivity index (χ1n) is 8.25. The van der Waals surface area contributed by atoms with Crippen molar-refractivity contribution in [3.63, 3.8) is 0 Å². The lowest BCUT2D eigenvalue weighted by atomic mass is 10.1. The summed E-state index contributed by atoms with van der Waals surface area (Å²) in [6, 6.07) is 4.34. The van der Waals surface area contributed by atoms with Gasteiger partial charge in [0, 0.05) is 18.0 Å². The summed E-state index contributed by atoms with van der Waals surface area (Å²) in [5.74, 6) is -14.6. The van der Waals surface area contributed by atoms with Gasteiger partial charge in [-0.05, 0) is 12.1 Å². The summed E-state index contributed by atoms with van der Waals surface area (Å²) < 4.78 is 84.0. The van der Waals surface area contributed by atoms with Gasteiger partial charge in [-0.25, -0.2) is 18.0 Å². The van der Waals surface area contributed by atoms with Gasteiger partial charge in [0.05, 0.1) is 20.8 Å². The van der Waals surface area contributed by atoms with Crippen LogP contribution >= 0.6 is 0 Å². The Bertz CT molecular complexity index is 1070. The molecule has 0 aliphatic rings. The molecule has 11 heteroatoms. The molecule has 1 aromatic heterocycles. The lowest BCUT2D eigenvalue weighted by Crippen LogP contribution is -2.15. The van der Waals surface area contributed by atoms with Gasteiger partial charge < -0.3 is 14.2 Å². The SMILES string of the molecule is COc1c(Cn2cccn2)ccc(C(=O)Oc2c(F)c(F)c(F)c(F)c2F)c1OC. The van der Waals surface area contributed by atoms with Gasteiger partial charge in [0.15, 0.2) is 11.5 Å². The third-order valence-electron chi connectivity index (χ3n) is 4.08. The second-order valence-electron chi connectivity index (χ2n) is 5.83. The van der Waals surface area contributed by atoms with E-state index < -0.39 is 40.8 Å². The largest absolute Gasteiger partial charge is 0.492 e. The van der Waals surface area contributed by atoms with Crippen molar-refractivity contribution < 1.29 is 41.0 Å². The number of nitrogens with zero attached hydrogens (tertiary/aromatic N) is 2. The molecule has 0 N–H and O–H groups in total. The zero-order valence-corrected chi connectivity index (χ0v) is 15.5. The van der Waals surface area contributed by atoms with Crippen LogP contribution in [0.2, 0.25) is 0 Å². The molecule has 0 saturated heterocycles. The van der Waals surface area contributed by atoms with Crippen LogP contribution in [0.3, 0.4) is 0 Å². The van der Waals surface area contributed by atoms with Crippen LogP contribution in [0, 0.1) is 29.1 Å². The number of hydrogen-bond donors (Lipinski definition) is 0. The highest BCUT2D eigenvalue weighted by atomic mass is 19.2. The number of halogens is 5. The first kappa shape index (κ1) is 21.1. The van der Waals surface area contributed by atoms with E-state index in [1.54, 1.807) is 23.1 Å². The summed E-state index contributed by atoms with van der Waals surface area (Å²) in [5.41, 5.74) is 0.174. The van der Waals surface area contributed by atoms with Crippen LogP contribution in [0.15, 0.2) is 30.6 Å². The Morgan fingerprint density at radius 2 is 1.50 bits per heavy atom. The van der Waals surface area contributed by atoms with E-state index in [4.69, 9.17) is 9.47 Å². The number of rotatable bonds is 6. The predicted molar refractivity (Wildman–Crippen MR) is 92.1 cm³/mol. The normalized spacial score (nSPS) is 10.8. The fraction of sp³-hybridized carbons (Fsp3) is 0.158. The van der Waals surface area contributed by atoms with E-state index in [1.165, 1.54) is 26.4 Å². The van der Waals surface area contributed by atoms with Gasteiger partial charge in [-0.3, -0.25) is 4.68 Å². The Morgan fingerprint density at radius 3 is 2.03 bits per heavy atom. The minimum Gasteiger partial charge on any atom is -0.492 e. The van der Waals surface area contributed by atoms with Gasteiger partial charge in [0.1, 0.15) is 5.56 Å². The minimum atomic E-state index is -2.37. The number of ether oxygens (including phenoxy) is 3. The number of methoxy groups -OCH3 is 2. The highest BCUT2D eigenvalue weighted by molar-refractivity contribution is 5.95. The fourth-order valence-corrected chi connectivity index (χ4v) is 2.71. The number of esters is 1. The van der Waals surface area contributed by atoms with Crippen molar-refractivity contribution in [1.29, 1.82) is 0 Å². The summed E-state index contributed by atoms with van der Waals surface area (Å²) in [4.78, 5) is 12.5. The topological polar surface area (TPSA) is 62.6 Å². The van der Waals surface area contributed by atoms with Gasteiger partial charge in [-0.2, -0.15) is 13.9 Å². The Hall–Kier alpha value is -3.63. The molecule has 3 rings (SSSR count). The molecule has 30 heavy (non-hydrogen) atoms. The lowest BCUT2D eigenvalue weighted by molar-refractivity contribution is 0.0711. The first-order chi connectivity index (χ1) is 14.3. The van der Waals surface area contributed by atoms with Crippen LogP contribution in [0.4, 0.5) is 22.0 Å². The molecule has 158 valence electrons.